The molecule has 0 heterocycles. The van der Waals surface area contributed by atoms with E-state index < -0.39 is 0 Å². The molecule has 3 nitrogen and oxygen atoms in total. The van der Waals surface area contributed by atoms with Crippen LogP contribution in [0.4, 0.5) is 0 Å². The molecule has 1 N–H and O–H groups in total. The summed E-state index contributed by atoms with van der Waals surface area (Å²) in [5, 5.41) is 3.03. The molecule has 1 amide bonds. The van der Waals surface area contributed by atoms with Gasteiger partial charge in [-0.25, -0.2) is 0 Å². The van der Waals surface area contributed by atoms with E-state index in [2.05, 4.69) is 18.8 Å². The van der Waals surface area contributed by atoms with Gasteiger partial charge < -0.3 is 5.32 Å². The van der Waals surface area contributed by atoms with Gasteiger partial charge in [-0.2, -0.15) is 0 Å². The molecular formula is C13H23NO2S. The van der Waals surface area contributed by atoms with Crippen molar-refractivity contribution in [1.29, 1.82) is 0 Å². The molecule has 0 bridgehead atoms. The molecule has 98 valence electrons. The van der Waals surface area contributed by atoms with Gasteiger partial charge in [0.15, 0.2) is 5.12 Å². The van der Waals surface area contributed by atoms with Crippen molar-refractivity contribution >= 4 is 22.8 Å². The molecule has 1 atom stereocenters. The first-order valence-electron chi connectivity index (χ1n) is 6.02. The van der Waals surface area contributed by atoms with Gasteiger partial charge in [-0.3, -0.25) is 9.59 Å². The normalized spacial score (nSPS) is 11.9. The van der Waals surface area contributed by atoms with E-state index in [9.17, 15) is 9.59 Å². The van der Waals surface area contributed by atoms with Crippen LogP contribution in [0.3, 0.4) is 0 Å². The SMILES string of the molecule is C=C(CC)CC(=O)NCCC(C)CSC(C)=O. The van der Waals surface area contributed by atoms with Crippen LogP contribution in [0.2, 0.25) is 0 Å². The zero-order valence-corrected chi connectivity index (χ0v) is 11.9. The van der Waals surface area contributed by atoms with E-state index >= 15 is 0 Å². The van der Waals surface area contributed by atoms with Crippen LogP contribution in [0.1, 0.15) is 40.0 Å². The Kier molecular flexibility index (Phi) is 8.86. The van der Waals surface area contributed by atoms with Crippen LogP contribution in [-0.4, -0.2) is 23.3 Å². The Bertz CT molecular complexity index is 277. The highest BCUT2D eigenvalue weighted by molar-refractivity contribution is 8.13. The Morgan fingerprint density at radius 2 is 2.06 bits per heavy atom. The minimum Gasteiger partial charge on any atom is -0.356 e. The van der Waals surface area contributed by atoms with Crippen LogP contribution in [0, 0.1) is 5.92 Å². The van der Waals surface area contributed by atoms with Gasteiger partial charge in [0.2, 0.25) is 5.91 Å². The predicted octanol–water partition coefficient (Wildman–Crippen LogP) is 2.76. The predicted molar refractivity (Wildman–Crippen MR) is 74.0 cm³/mol. The molecule has 0 saturated heterocycles. The monoisotopic (exact) mass is 257 g/mol. The first kappa shape index (κ1) is 16.2. The van der Waals surface area contributed by atoms with Crippen molar-refractivity contribution in [3.05, 3.63) is 12.2 Å². The average Bonchev–Trinajstić information content (AvgIpc) is 2.26. The Morgan fingerprint density at radius 3 is 2.59 bits per heavy atom. The lowest BCUT2D eigenvalue weighted by molar-refractivity contribution is -0.120. The van der Waals surface area contributed by atoms with E-state index in [0.29, 0.717) is 18.9 Å². The third kappa shape index (κ3) is 10.1. The van der Waals surface area contributed by atoms with Gasteiger partial charge in [0.05, 0.1) is 0 Å². The number of thioether (sulfide) groups is 1. The van der Waals surface area contributed by atoms with Crippen LogP contribution in [0.5, 0.6) is 0 Å². The molecule has 4 heteroatoms. The number of carbonyl (C=O) groups is 2. The fourth-order valence-corrected chi connectivity index (χ4v) is 1.90. The van der Waals surface area contributed by atoms with Gasteiger partial charge in [-0.1, -0.05) is 37.8 Å². The lowest BCUT2D eigenvalue weighted by atomic mass is 10.1. The molecule has 17 heavy (non-hydrogen) atoms. The fourth-order valence-electron chi connectivity index (χ4n) is 1.22. The van der Waals surface area contributed by atoms with Crippen molar-refractivity contribution in [3.63, 3.8) is 0 Å². The Labute approximate surface area is 108 Å². The van der Waals surface area contributed by atoms with Crippen LogP contribution in [0.15, 0.2) is 12.2 Å². The highest BCUT2D eigenvalue weighted by atomic mass is 32.2. The number of carbonyl (C=O) groups excluding carboxylic acids is 2. The standard InChI is InChI=1S/C13H23NO2S/c1-5-10(2)8-13(16)14-7-6-11(3)9-17-12(4)15/h11H,2,5-9H2,1,3-4H3,(H,14,16). The first-order chi connectivity index (χ1) is 7.95. The Morgan fingerprint density at radius 1 is 1.41 bits per heavy atom. The van der Waals surface area contributed by atoms with Crippen LogP contribution in [0.25, 0.3) is 0 Å². The molecule has 0 aromatic rings. The third-order valence-electron chi connectivity index (χ3n) is 2.44. The summed E-state index contributed by atoms with van der Waals surface area (Å²) in [5.74, 6) is 1.31. The van der Waals surface area contributed by atoms with E-state index in [-0.39, 0.29) is 11.0 Å². The molecular weight excluding hydrogens is 234 g/mol. The van der Waals surface area contributed by atoms with E-state index in [4.69, 9.17) is 0 Å². The smallest absolute Gasteiger partial charge is 0.224 e. The van der Waals surface area contributed by atoms with E-state index in [1.54, 1.807) is 6.92 Å². The van der Waals surface area contributed by atoms with Crippen molar-refractivity contribution in [1.82, 2.24) is 5.32 Å². The molecule has 0 aliphatic heterocycles. The summed E-state index contributed by atoms with van der Waals surface area (Å²) in [5.41, 5.74) is 0.961. The number of hydrogen-bond acceptors (Lipinski definition) is 3. The summed E-state index contributed by atoms with van der Waals surface area (Å²) >= 11 is 1.35. The molecule has 0 rings (SSSR count). The maximum atomic E-state index is 11.4. The minimum absolute atomic E-state index is 0.0447. The quantitative estimate of drug-likeness (QED) is 0.680. The van der Waals surface area contributed by atoms with Crippen molar-refractivity contribution < 1.29 is 9.59 Å². The molecule has 0 aromatic carbocycles. The maximum absolute atomic E-state index is 11.4. The van der Waals surface area contributed by atoms with Crippen molar-refractivity contribution in [2.45, 2.75) is 40.0 Å². The van der Waals surface area contributed by atoms with E-state index in [0.717, 1.165) is 24.2 Å². The van der Waals surface area contributed by atoms with Gasteiger partial charge in [0.25, 0.3) is 0 Å². The number of amides is 1. The molecule has 0 saturated carbocycles. The lowest BCUT2D eigenvalue weighted by Crippen LogP contribution is -2.26. The average molecular weight is 257 g/mol. The lowest BCUT2D eigenvalue weighted by Gasteiger charge is -2.11. The van der Waals surface area contributed by atoms with Gasteiger partial charge in [-0.05, 0) is 18.8 Å². The highest BCUT2D eigenvalue weighted by Gasteiger charge is 2.06. The summed E-state index contributed by atoms with van der Waals surface area (Å²) in [6, 6.07) is 0. The van der Waals surface area contributed by atoms with Crippen LogP contribution >= 0.6 is 11.8 Å². The largest absolute Gasteiger partial charge is 0.356 e. The molecule has 0 fully saturated rings. The summed E-state index contributed by atoms with van der Waals surface area (Å²) < 4.78 is 0. The Balaban J connectivity index is 3.58. The van der Waals surface area contributed by atoms with Crippen LogP contribution in [-0.2, 0) is 9.59 Å². The molecule has 0 aromatic heterocycles. The molecule has 0 spiro atoms. The van der Waals surface area contributed by atoms with Gasteiger partial charge in [0.1, 0.15) is 0 Å². The molecule has 0 radical (unpaired) electrons. The number of rotatable bonds is 8. The number of hydrogen-bond donors (Lipinski definition) is 1. The molecule has 1 unspecified atom stereocenters. The summed E-state index contributed by atoms with van der Waals surface area (Å²) in [4.78, 5) is 22.2. The second kappa shape index (κ2) is 9.28. The highest BCUT2D eigenvalue weighted by Crippen LogP contribution is 2.11. The first-order valence-corrected chi connectivity index (χ1v) is 7.01. The van der Waals surface area contributed by atoms with Crippen molar-refractivity contribution in [2.75, 3.05) is 12.3 Å². The minimum atomic E-state index is 0.0447. The van der Waals surface area contributed by atoms with Crippen LogP contribution < -0.4 is 5.32 Å². The zero-order chi connectivity index (χ0) is 13.3. The van der Waals surface area contributed by atoms with E-state index in [1.165, 1.54) is 11.8 Å². The van der Waals surface area contributed by atoms with Crippen molar-refractivity contribution in [3.8, 4) is 0 Å². The fraction of sp³-hybridized carbons (Fsp3) is 0.692. The second-order valence-electron chi connectivity index (χ2n) is 4.33. The molecule has 0 aliphatic rings. The number of nitrogens with one attached hydrogen (secondary N) is 1. The maximum Gasteiger partial charge on any atom is 0.224 e. The summed E-state index contributed by atoms with van der Waals surface area (Å²) in [6.07, 6.45) is 2.18. The third-order valence-corrected chi connectivity index (χ3v) is 3.58. The topological polar surface area (TPSA) is 46.2 Å². The van der Waals surface area contributed by atoms with Gasteiger partial charge in [-0.15, -0.1) is 0 Å². The van der Waals surface area contributed by atoms with Crippen molar-refractivity contribution in [2.24, 2.45) is 5.92 Å². The zero-order valence-electron chi connectivity index (χ0n) is 11.0. The second-order valence-corrected chi connectivity index (χ2v) is 5.52. The summed E-state index contributed by atoms with van der Waals surface area (Å²) in [7, 11) is 0. The summed E-state index contributed by atoms with van der Waals surface area (Å²) in [6.45, 7) is 10.1. The van der Waals surface area contributed by atoms with Gasteiger partial charge in [0, 0.05) is 25.6 Å². The van der Waals surface area contributed by atoms with Gasteiger partial charge >= 0.3 is 0 Å². The van der Waals surface area contributed by atoms with E-state index in [1.807, 2.05) is 6.92 Å². The Hall–Kier alpha value is -0.770. The molecule has 0 aliphatic carbocycles.